The van der Waals surface area contributed by atoms with Crippen LogP contribution in [0.25, 0.3) is 10.7 Å². The summed E-state index contributed by atoms with van der Waals surface area (Å²) in [6.45, 7) is -0.304. The molecule has 0 aliphatic carbocycles. The Morgan fingerprint density at radius 3 is 2.75 bits per heavy atom. The number of hydrogen-bond acceptors (Lipinski definition) is 9. The van der Waals surface area contributed by atoms with E-state index in [1.165, 1.54) is 17.2 Å². The van der Waals surface area contributed by atoms with Crippen LogP contribution in [0.3, 0.4) is 0 Å². The van der Waals surface area contributed by atoms with Crippen molar-refractivity contribution in [2.45, 2.75) is 31.9 Å². The van der Waals surface area contributed by atoms with E-state index in [9.17, 15) is 27.1 Å². The molecule has 0 saturated carbocycles. The normalized spacial score (nSPS) is 17.1. The van der Waals surface area contributed by atoms with E-state index in [2.05, 4.69) is 14.7 Å². The monoisotopic (exact) mass is 430 g/mol. The van der Waals surface area contributed by atoms with Crippen molar-refractivity contribution < 1.29 is 41.3 Å². The maximum atomic E-state index is 12.6. The van der Waals surface area contributed by atoms with Crippen LogP contribution < -0.4 is 0 Å². The first kappa shape index (κ1) is 21.0. The van der Waals surface area contributed by atoms with E-state index in [0.29, 0.717) is 24.4 Å². The maximum Gasteiger partial charge on any atom is 0.471 e. The minimum absolute atomic E-state index is 0.123. The van der Waals surface area contributed by atoms with Crippen LogP contribution in [-0.4, -0.2) is 57.9 Å². The molecule has 0 spiro atoms. The van der Waals surface area contributed by atoms with Gasteiger partial charge in [-0.15, -0.1) is 21.5 Å². The van der Waals surface area contributed by atoms with Crippen LogP contribution in [0.5, 0.6) is 0 Å². The van der Waals surface area contributed by atoms with Crippen molar-refractivity contribution >= 4 is 11.3 Å². The maximum absolute atomic E-state index is 12.6. The Balaban J connectivity index is 1.71. The molecule has 1 saturated heterocycles. The van der Waals surface area contributed by atoms with Gasteiger partial charge < -0.3 is 9.63 Å². The molecule has 14 heteroatoms. The summed E-state index contributed by atoms with van der Waals surface area (Å²) in [4.78, 5) is 14.2. The van der Waals surface area contributed by atoms with Crippen molar-refractivity contribution in [2.24, 2.45) is 0 Å². The molecule has 8 nitrogen and oxygen atoms in total. The molecule has 1 aliphatic rings. The first-order chi connectivity index (χ1) is 13.2. The van der Waals surface area contributed by atoms with Gasteiger partial charge in [-0.1, -0.05) is 5.16 Å². The Morgan fingerprint density at radius 1 is 1.36 bits per heavy atom. The zero-order valence-corrected chi connectivity index (χ0v) is 14.9. The summed E-state index contributed by atoms with van der Waals surface area (Å²) in [7, 11) is 0. The summed E-state index contributed by atoms with van der Waals surface area (Å²) >= 11 is 1.00. The second kappa shape index (κ2) is 8.75. The average molecular weight is 430 g/mol. The molecule has 1 fully saturated rings. The second-order valence-corrected chi connectivity index (χ2v) is 6.79. The number of aliphatic hydroxyl groups is 1. The molecule has 1 unspecified atom stereocenters. The van der Waals surface area contributed by atoms with Crippen molar-refractivity contribution in [3.8, 4) is 10.7 Å². The zero-order chi connectivity index (χ0) is 20.3. The van der Waals surface area contributed by atoms with Crippen molar-refractivity contribution in [3.05, 3.63) is 22.9 Å². The molecule has 1 atom stereocenters. The van der Waals surface area contributed by atoms with Gasteiger partial charge in [-0.3, -0.25) is 9.68 Å². The molecule has 1 aliphatic heterocycles. The Hall–Kier alpha value is -1.71. The van der Waals surface area contributed by atoms with Gasteiger partial charge in [0.15, 0.2) is 0 Å². The lowest BCUT2D eigenvalue weighted by molar-refractivity contribution is -0.349. The lowest BCUT2D eigenvalue weighted by Gasteiger charge is -2.31. The van der Waals surface area contributed by atoms with Crippen molar-refractivity contribution in [2.75, 3.05) is 19.8 Å². The van der Waals surface area contributed by atoms with Gasteiger partial charge in [0.05, 0.1) is 18.0 Å². The smallest absolute Gasteiger partial charge is 0.362 e. The third-order valence-electron chi connectivity index (χ3n) is 3.52. The number of halogens is 5. The predicted octanol–water partition coefficient (Wildman–Crippen LogP) is 2.73. The highest BCUT2D eigenvalue weighted by atomic mass is 32.1. The molecule has 2 aromatic heterocycles. The highest BCUT2D eigenvalue weighted by Gasteiger charge is 2.38. The van der Waals surface area contributed by atoms with Crippen LogP contribution >= 0.6 is 11.3 Å². The number of nitrogens with zero attached hydrogens (tertiary/aromatic N) is 4. The highest BCUT2D eigenvalue weighted by molar-refractivity contribution is 7.15. The number of hydroxylamine groups is 4. The van der Waals surface area contributed by atoms with Gasteiger partial charge in [0.2, 0.25) is 12.2 Å². The van der Waals surface area contributed by atoms with E-state index < -0.39 is 31.5 Å². The molecule has 0 radical (unpaired) electrons. The zero-order valence-electron chi connectivity index (χ0n) is 14.1. The van der Waals surface area contributed by atoms with Gasteiger partial charge in [0.25, 0.3) is 6.43 Å². The van der Waals surface area contributed by atoms with Crippen LogP contribution in [0.1, 0.15) is 17.2 Å². The Labute approximate surface area is 159 Å². The van der Waals surface area contributed by atoms with E-state index in [1.54, 1.807) is 0 Å². The van der Waals surface area contributed by atoms with Crippen LogP contribution in [-0.2, 0) is 22.4 Å². The quantitative estimate of drug-likeness (QED) is 0.389. The van der Waals surface area contributed by atoms with E-state index >= 15 is 0 Å². The van der Waals surface area contributed by atoms with Crippen molar-refractivity contribution in [1.82, 2.24) is 20.3 Å². The van der Waals surface area contributed by atoms with Crippen molar-refractivity contribution in [1.29, 1.82) is 0 Å². The Kier molecular flexibility index (Phi) is 6.57. The number of alkyl halides is 5. The van der Waals surface area contributed by atoms with Crippen LogP contribution in [0.4, 0.5) is 22.0 Å². The molecular weight excluding hydrogens is 415 g/mol. The molecule has 2 aromatic rings. The summed E-state index contributed by atoms with van der Waals surface area (Å²) in [6, 6.07) is 2.98. The molecule has 0 amide bonds. The first-order valence-electron chi connectivity index (χ1n) is 7.99. The first-order valence-corrected chi connectivity index (χ1v) is 8.81. The molecule has 28 heavy (non-hydrogen) atoms. The number of rotatable bonds is 8. The van der Waals surface area contributed by atoms with Crippen LogP contribution in [0.15, 0.2) is 16.7 Å². The summed E-state index contributed by atoms with van der Waals surface area (Å²) in [6.07, 6.45) is -8.30. The molecular formula is C14H15F5N4O4S. The molecule has 156 valence electrons. The minimum Gasteiger partial charge on any atom is -0.362 e. The fourth-order valence-corrected chi connectivity index (χ4v) is 3.23. The van der Waals surface area contributed by atoms with E-state index in [-0.39, 0.29) is 17.2 Å². The number of hydrogen-bond donors (Lipinski definition) is 1. The van der Waals surface area contributed by atoms with Gasteiger partial charge >= 0.3 is 12.1 Å². The fraction of sp³-hybridized carbons (Fsp3) is 0.571. The second-order valence-electron chi connectivity index (χ2n) is 5.62. The summed E-state index contributed by atoms with van der Waals surface area (Å²) in [5.41, 5.74) is 0. The molecule has 3 heterocycles. The van der Waals surface area contributed by atoms with Crippen LogP contribution in [0, 0.1) is 0 Å². The third-order valence-corrected chi connectivity index (χ3v) is 4.59. The van der Waals surface area contributed by atoms with E-state index in [1.807, 2.05) is 0 Å². The van der Waals surface area contributed by atoms with Crippen molar-refractivity contribution in [3.63, 3.8) is 0 Å². The van der Waals surface area contributed by atoms with Gasteiger partial charge in [-0.05, 0) is 18.6 Å². The third kappa shape index (κ3) is 5.21. The summed E-state index contributed by atoms with van der Waals surface area (Å²) in [5, 5.41) is 15.7. The molecule has 3 rings (SSSR count). The highest BCUT2D eigenvalue weighted by Crippen LogP contribution is 2.32. The van der Waals surface area contributed by atoms with Gasteiger partial charge in [-0.25, -0.2) is 8.78 Å². The largest absolute Gasteiger partial charge is 0.471 e. The SMILES string of the molecule is OC(N1CCCO1)N(Cc1ccc(-c2noc(C(F)(F)F)n2)s1)OCC(F)F. The average Bonchev–Trinajstić information content (AvgIpc) is 3.38. The predicted molar refractivity (Wildman–Crippen MR) is 83.4 cm³/mol. The summed E-state index contributed by atoms with van der Waals surface area (Å²) in [5.74, 6) is -1.73. The molecule has 0 aromatic carbocycles. The fourth-order valence-electron chi connectivity index (χ4n) is 2.31. The number of aliphatic hydroxyl groups excluding tert-OH is 1. The lowest BCUT2D eigenvalue weighted by Crippen LogP contribution is -2.46. The topological polar surface area (TPSA) is 84.1 Å². The Morgan fingerprint density at radius 2 is 2.14 bits per heavy atom. The van der Waals surface area contributed by atoms with E-state index in [4.69, 9.17) is 9.68 Å². The van der Waals surface area contributed by atoms with E-state index in [0.717, 1.165) is 16.4 Å². The van der Waals surface area contributed by atoms with Gasteiger partial charge in [0.1, 0.15) is 6.61 Å². The van der Waals surface area contributed by atoms with Gasteiger partial charge in [-0.2, -0.15) is 18.2 Å². The molecule has 0 bridgehead atoms. The Bertz CT molecular complexity index is 765. The molecule has 1 N–H and O–H groups in total. The number of thiophene rings is 1. The standard InChI is InChI=1S/C14H15F5N4O4S/c15-10(16)7-26-23(13(24)22-4-1-5-25-22)6-8-2-3-9(28-8)11-20-12(27-21-11)14(17,18)19/h2-3,10,13,24H,1,4-7H2. The number of aromatic nitrogens is 2. The minimum atomic E-state index is -4.76. The van der Waals surface area contributed by atoms with Gasteiger partial charge in [0, 0.05) is 11.4 Å². The lowest BCUT2D eigenvalue weighted by atomic mass is 10.4. The van der Waals surface area contributed by atoms with Crippen LogP contribution in [0.2, 0.25) is 0 Å². The summed E-state index contributed by atoms with van der Waals surface area (Å²) < 4.78 is 66.9.